The summed E-state index contributed by atoms with van der Waals surface area (Å²) in [6.07, 6.45) is 4.49. The van der Waals surface area contributed by atoms with Crippen LogP contribution < -0.4 is 16.2 Å². The maximum Gasteiger partial charge on any atom is 0.229 e. The van der Waals surface area contributed by atoms with Crippen LogP contribution in [-0.4, -0.2) is 42.0 Å². The maximum atomic E-state index is 13.2. The SMILES string of the molecule is CC1NNC(C2CC2)C1C(=O)N1CCCC(Nc2ccc(F)cc2)C1. The molecule has 2 heterocycles. The summed E-state index contributed by atoms with van der Waals surface area (Å²) in [4.78, 5) is 15.2. The highest BCUT2D eigenvalue weighted by Gasteiger charge is 2.47. The number of benzene rings is 1. The van der Waals surface area contributed by atoms with E-state index >= 15 is 0 Å². The summed E-state index contributed by atoms with van der Waals surface area (Å²) in [5, 5.41) is 3.45. The van der Waals surface area contributed by atoms with E-state index in [1.165, 1.54) is 25.0 Å². The second-order valence-electron chi connectivity index (χ2n) is 7.74. The number of hydrogen-bond donors (Lipinski definition) is 3. The number of carbonyl (C=O) groups excluding carboxylic acids is 1. The van der Waals surface area contributed by atoms with Crippen molar-refractivity contribution in [3.05, 3.63) is 30.1 Å². The second-order valence-corrected chi connectivity index (χ2v) is 7.74. The molecule has 3 fully saturated rings. The van der Waals surface area contributed by atoms with E-state index in [0.717, 1.165) is 31.6 Å². The van der Waals surface area contributed by atoms with Gasteiger partial charge < -0.3 is 10.2 Å². The molecule has 3 N–H and O–H groups in total. The van der Waals surface area contributed by atoms with Gasteiger partial charge in [0.05, 0.1) is 5.92 Å². The third-order valence-corrected chi connectivity index (χ3v) is 5.77. The van der Waals surface area contributed by atoms with E-state index in [2.05, 4.69) is 23.1 Å². The lowest BCUT2D eigenvalue weighted by Gasteiger charge is -2.36. The first-order chi connectivity index (χ1) is 12.1. The molecule has 136 valence electrons. The minimum atomic E-state index is -0.229. The highest BCUT2D eigenvalue weighted by molar-refractivity contribution is 5.81. The predicted molar refractivity (Wildman–Crippen MR) is 95.4 cm³/mol. The van der Waals surface area contributed by atoms with Gasteiger partial charge in [0, 0.05) is 36.9 Å². The number of likely N-dealkylation sites (tertiary alicyclic amines) is 1. The van der Waals surface area contributed by atoms with Gasteiger partial charge in [0.1, 0.15) is 5.82 Å². The number of rotatable bonds is 4. The van der Waals surface area contributed by atoms with Crippen molar-refractivity contribution in [2.45, 2.75) is 50.7 Å². The van der Waals surface area contributed by atoms with Crippen LogP contribution in [0.1, 0.15) is 32.6 Å². The molecular weight excluding hydrogens is 319 g/mol. The summed E-state index contributed by atoms with van der Waals surface area (Å²) in [5.41, 5.74) is 7.53. The van der Waals surface area contributed by atoms with Crippen LogP contribution in [0.3, 0.4) is 0 Å². The lowest BCUT2D eigenvalue weighted by molar-refractivity contribution is -0.137. The molecule has 4 unspecified atom stereocenters. The zero-order chi connectivity index (χ0) is 17.4. The number of hydrogen-bond acceptors (Lipinski definition) is 4. The van der Waals surface area contributed by atoms with Gasteiger partial charge in [0.15, 0.2) is 0 Å². The van der Waals surface area contributed by atoms with Crippen LogP contribution >= 0.6 is 0 Å². The maximum absolute atomic E-state index is 13.2. The molecule has 6 heteroatoms. The third kappa shape index (κ3) is 3.65. The first-order valence-electron chi connectivity index (χ1n) is 9.44. The Morgan fingerprint density at radius 3 is 2.68 bits per heavy atom. The van der Waals surface area contributed by atoms with Crippen molar-refractivity contribution in [3.63, 3.8) is 0 Å². The lowest BCUT2D eigenvalue weighted by Crippen LogP contribution is -2.51. The molecule has 1 aromatic carbocycles. The molecule has 0 bridgehead atoms. The van der Waals surface area contributed by atoms with Gasteiger partial charge in [-0.2, -0.15) is 0 Å². The molecule has 3 aliphatic rings. The molecule has 1 saturated carbocycles. The average Bonchev–Trinajstić information content (AvgIpc) is 3.39. The molecule has 4 rings (SSSR count). The standard InChI is InChI=1S/C19H27FN4O/c1-12-17(18(23-22-12)13-4-5-13)19(25)24-10-2-3-16(11-24)21-15-8-6-14(20)7-9-15/h6-9,12-13,16-18,21-23H,2-5,10-11H2,1H3. The lowest BCUT2D eigenvalue weighted by atomic mass is 9.90. The fourth-order valence-electron chi connectivity index (χ4n) is 4.24. The van der Waals surface area contributed by atoms with Gasteiger partial charge in [-0.05, 0) is 62.8 Å². The zero-order valence-electron chi connectivity index (χ0n) is 14.7. The number of hydrazine groups is 1. The molecule has 5 nitrogen and oxygen atoms in total. The normalized spacial score (nSPS) is 32.6. The van der Waals surface area contributed by atoms with Gasteiger partial charge in [0.25, 0.3) is 0 Å². The van der Waals surface area contributed by atoms with E-state index in [1.54, 1.807) is 12.1 Å². The Morgan fingerprint density at radius 2 is 1.96 bits per heavy atom. The van der Waals surface area contributed by atoms with E-state index in [1.807, 2.05) is 4.90 Å². The summed E-state index contributed by atoms with van der Waals surface area (Å²) in [6.45, 7) is 3.65. The largest absolute Gasteiger partial charge is 0.381 e. The molecule has 0 radical (unpaired) electrons. The first-order valence-corrected chi connectivity index (χ1v) is 9.44. The Hall–Kier alpha value is -1.66. The third-order valence-electron chi connectivity index (χ3n) is 5.77. The van der Waals surface area contributed by atoms with Crippen molar-refractivity contribution in [2.75, 3.05) is 18.4 Å². The number of carbonyl (C=O) groups is 1. The van der Waals surface area contributed by atoms with Crippen molar-refractivity contribution in [1.29, 1.82) is 0 Å². The van der Waals surface area contributed by atoms with Crippen molar-refractivity contribution in [2.24, 2.45) is 11.8 Å². The quantitative estimate of drug-likeness (QED) is 0.782. The number of halogens is 1. The van der Waals surface area contributed by atoms with Gasteiger partial charge in [-0.25, -0.2) is 4.39 Å². The minimum absolute atomic E-state index is 0.0251. The van der Waals surface area contributed by atoms with Gasteiger partial charge in [0.2, 0.25) is 5.91 Å². The van der Waals surface area contributed by atoms with E-state index in [-0.39, 0.29) is 35.8 Å². The molecule has 25 heavy (non-hydrogen) atoms. The van der Waals surface area contributed by atoms with Gasteiger partial charge >= 0.3 is 0 Å². The van der Waals surface area contributed by atoms with Crippen molar-refractivity contribution >= 4 is 11.6 Å². The summed E-state index contributed by atoms with van der Waals surface area (Å²) < 4.78 is 13.1. The van der Waals surface area contributed by atoms with Crippen molar-refractivity contribution < 1.29 is 9.18 Å². The Balaban J connectivity index is 1.40. The molecule has 1 amide bonds. The molecule has 4 atom stereocenters. The Kier molecular flexibility index (Phi) is 4.65. The molecule has 2 aliphatic heterocycles. The van der Waals surface area contributed by atoms with Crippen LogP contribution in [0.25, 0.3) is 0 Å². The summed E-state index contributed by atoms with van der Waals surface area (Å²) in [5.74, 6) is 0.709. The number of nitrogens with zero attached hydrogens (tertiary/aromatic N) is 1. The molecule has 1 aliphatic carbocycles. The van der Waals surface area contributed by atoms with Crippen LogP contribution in [-0.2, 0) is 4.79 Å². The molecule has 0 spiro atoms. The van der Waals surface area contributed by atoms with Gasteiger partial charge in [-0.1, -0.05) is 0 Å². The van der Waals surface area contributed by atoms with E-state index in [9.17, 15) is 9.18 Å². The summed E-state index contributed by atoms with van der Waals surface area (Å²) >= 11 is 0. The average molecular weight is 346 g/mol. The molecule has 1 aromatic rings. The Labute approximate surface area is 148 Å². The number of amides is 1. The number of piperidine rings is 1. The monoisotopic (exact) mass is 346 g/mol. The summed E-state index contributed by atoms with van der Waals surface area (Å²) in [6, 6.07) is 7.10. The minimum Gasteiger partial charge on any atom is -0.381 e. The van der Waals surface area contributed by atoms with Gasteiger partial charge in [-0.15, -0.1) is 0 Å². The van der Waals surface area contributed by atoms with Crippen LogP contribution in [0.5, 0.6) is 0 Å². The molecule has 2 saturated heterocycles. The fraction of sp³-hybridized carbons (Fsp3) is 0.632. The molecular formula is C19H27FN4O. The predicted octanol–water partition coefficient (Wildman–Crippen LogP) is 2.12. The number of anilines is 1. The van der Waals surface area contributed by atoms with Crippen molar-refractivity contribution in [1.82, 2.24) is 15.8 Å². The fourth-order valence-corrected chi connectivity index (χ4v) is 4.24. The van der Waals surface area contributed by atoms with Crippen molar-refractivity contribution in [3.8, 4) is 0 Å². The molecule has 0 aromatic heterocycles. The van der Waals surface area contributed by atoms with Gasteiger partial charge in [-0.3, -0.25) is 15.6 Å². The van der Waals surface area contributed by atoms with E-state index in [0.29, 0.717) is 5.92 Å². The van der Waals surface area contributed by atoms with Crippen LogP contribution in [0.15, 0.2) is 24.3 Å². The first kappa shape index (κ1) is 16.8. The zero-order valence-corrected chi connectivity index (χ0v) is 14.7. The highest BCUT2D eigenvalue weighted by atomic mass is 19.1. The Morgan fingerprint density at radius 1 is 1.20 bits per heavy atom. The van der Waals surface area contributed by atoms with Crippen LogP contribution in [0.2, 0.25) is 0 Å². The van der Waals surface area contributed by atoms with Crippen LogP contribution in [0.4, 0.5) is 10.1 Å². The second kappa shape index (κ2) is 6.92. The smallest absolute Gasteiger partial charge is 0.229 e. The topological polar surface area (TPSA) is 56.4 Å². The number of nitrogens with one attached hydrogen (secondary N) is 3. The highest BCUT2D eigenvalue weighted by Crippen LogP contribution is 2.39. The Bertz CT molecular complexity index is 618. The summed E-state index contributed by atoms with van der Waals surface area (Å²) in [7, 11) is 0. The van der Waals surface area contributed by atoms with E-state index < -0.39 is 0 Å². The van der Waals surface area contributed by atoms with Crippen LogP contribution in [0, 0.1) is 17.7 Å². The van der Waals surface area contributed by atoms with E-state index in [4.69, 9.17) is 0 Å².